The maximum atomic E-state index is 12.3. The zero-order chi connectivity index (χ0) is 12.8. The van der Waals surface area contributed by atoms with Crippen LogP contribution in [0.15, 0.2) is 24.3 Å². The van der Waals surface area contributed by atoms with Crippen LogP contribution in [-0.4, -0.2) is 19.1 Å². The number of benzene rings is 1. The van der Waals surface area contributed by atoms with Crippen molar-refractivity contribution in [1.82, 2.24) is 0 Å². The van der Waals surface area contributed by atoms with Gasteiger partial charge in [-0.3, -0.25) is 4.79 Å². The van der Waals surface area contributed by atoms with E-state index in [0.717, 1.165) is 24.9 Å². The van der Waals surface area contributed by atoms with Crippen molar-refractivity contribution in [2.45, 2.75) is 25.4 Å². The average molecular weight is 242 g/mol. The largest absolute Gasteiger partial charge is 0.477 e. The predicted molar refractivity (Wildman–Crippen MR) is 66.2 cm³/mol. The van der Waals surface area contributed by atoms with Gasteiger partial charge in [0.2, 0.25) is 0 Å². The Kier molecular flexibility index (Phi) is 2.30. The highest BCUT2D eigenvalue weighted by atomic mass is 16.5. The number of hydrogen-bond acceptors (Lipinski definition) is 3. The molecular formula is C14H14N2O2. The van der Waals surface area contributed by atoms with Gasteiger partial charge >= 0.3 is 0 Å². The third-order valence-electron chi connectivity index (χ3n) is 4.00. The van der Waals surface area contributed by atoms with Gasteiger partial charge in [0.05, 0.1) is 11.8 Å². The summed E-state index contributed by atoms with van der Waals surface area (Å²) in [5.74, 6) is 0.570. The van der Waals surface area contributed by atoms with Crippen LogP contribution in [-0.2, 0) is 4.79 Å². The molecule has 1 aromatic rings. The van der Waals surface area contributed by atoms with E-state index >= 15 is 0 Å². The molecule has 3 rings (SSSR count). The van der Waals surface area contributed by atoms with Gasteiger partial charge in [0.15, 0.2) is 6.10 Å². The lowest BCUT2D eigenvalue weighted by atomic mass is 9.65. The molecule has 1 aliphatic heterocycles. The van der Waals surface area contributed by atoms with Gasteiger partial charge in [0, 0.05) is 7.05 Å². The first kappa shape index (κ1) is 11.1. The quantitative estimate of drug-likeness (QED) is 0.757. The van der Waals surface area contributed by atoms with Crippen LogP contribution in [0.4, 0.5) is 5.69 Å². The fourth-order valence-electron chi connectivity index (χ4n) is 2.65. The van der Waals surface area contributed by atoms with Gasteiger partial charge in [-0.05, 0) is 31.4 Å². The first-order chi connectivity index (χ1) is 8.68. The van der Waals surface area contributed by atoms with Crippen molar-refractivity contribution >= 4 is 11.6 Å². The number of anilines is 1. The molecule has 0 spiro atoms. The van der Waals surface area contributed by atoms with E-state index in [4.69, 9.17) is 4.74 Å². The second-order valence-electron chi connectivity index (χ2n) is 4.98. The monoisotopic (exact) mass is 242 g/mol. The van der Waals surface area contributed by atoms with Crippen LogP contribution in [0.3, 0.4) is 0 Å². The number of likely N-dealkylation sites (N-methyl/N-ethyl adjacent to an activating group) is 1. The Balaban J connectivity index is 2.01. The molecular weight excluding hydrogens is 228 g/mol. The van der Waals surface area contributed by atoms with E-state index in [-0.39, 0.29) is 5.91 Å². The highest BCUT2D eigenvalue weighted by Gasteiger charge is 2.52. The van der Waals surface area contributed by atoms with Gasteiger partial charge in [-0.15, -0.1) is 0 Å². The molecule has 1 atom stereocenters. The van der Waals surface area contributed by atoms with E-state index in [0.29, 0.717) is 5.75 Å². The minimum Gasteiger partial charge on any atom is -0.477 e. The number of amides is 1. The van der Waals surface area contributed by atoms with Crippen molar-refractivity contribution in [3.8, 4) is 11.8 Å². The van der Waals surface area contributed by atoms with Crippen molar-refractivity contribution in [2.24, 2.45) is 5.41 Å². The molecule has 1 heterocycles. The summed E-state index contributed by atoms with van der Waals surface area (Å²) in [4.78, 5) is 13.9. The zero-order valence-electron chi connectivity index (χ0n) is 10.2. The summed E-state index contributed by atoms with van der Waals surface area (Å²) in [5, 5.41) is 9.34. The standard InChI is InChI=1S/C14H14N2O2/c1-16-10-5-2-3-6-11(10)18-12(13(16)17)14(9-15)7-4-8-14/h2-3,5-6,12H,4,7-8H2,1H3. The maximum absolute atomic E-state index is 12.3. The third kappa shape index (κ3) is 1.34. The zero-order valence-corrected chi connectivity index (χ0v) is 10.2. The van der Waals surface area contributed by atoms with Crippen LogP contribution in [0.1, 0.15) is 19.3 Å². The summed E-state index contributed by atoms with van der Waals surface area (Å²) in [6.07, 6.45) is 1.83. The number of carbonyl (C=O) groups is 1. The number of para-hydroxylation sites is 2. The van der Waals surface area contributed by atoms with Gasteiger partial charge in [-0.25, -0.2) is 0 Å². The lowest BCUT2D eigenvalue weighted by Crippen LogP contribution is -2.55. The van der Waals surface area contributed by atoms with E-state index in [1.165, 1.54) is 0 Å². The van der Waals surface area contributed by atoms with Crippen LogP contribution in [0.25, 0.3) is 0 Å². The van der Waals surface area contributed by atoms with E-state index in [1.54, 1.807) is 11.9 Å². The molecule has 1 saturated carbocycles. The Morgan fingerprint density at radius 2 is 2.17 bits per heavy atom. The predicted octanol–water partition coefficient (Wildman–Crippen LogP) is 2.10. The highest BCUT2D eigenvalue weighted by Crippen LogP contribution is 2.48. The summed E-state index contributed by atoms with van der Waals surface area (Å²) in [6.45, 7) is 0. The SMILES string of the molecule is CN1C(=O)C(C2(C#N)CCC2)Oc2ccccc21. The third-order valence-corrected chi connectivity index (χ3v) is 4.00. The molecule has 18 heavy (non-hydrogen) atoms. The van der Waals surface area contributed by atoms with Gasteiger partial charge in [-0.2, -0.15) is 5.26 Å². The molecule has 0 bridgehead atoms. The number of nitrogens with zero attached hydrogens (tertiary/aromatic N) is 2. The van der Waals surface area contributed by atoms with E-state index < -0.39 is 11.5 Å². The van der Waals surface area contributed by atoms with Gasteiger partial charge in [0.25, 0.3) is 5.91 Å². The molecule has 1 fully saturated rings. The van der Waals surface area contributed by atoms with Crippen molar-refractivity contribution in [2.75, 3.05) is 11.9 Å². The second kappa shape index (κ2) is 3.74. The number of nitriles is 1. The number of rotatable bonds is 1. The smallest absolute Gasteiger partial charge is 0.269 e. The first-order valence-corrected chi connectivity index (χ1v) is 6.12. The van der Waals surface area contributed by atoms with Crippen LogP contribution >= 0.6 is 0 Å². The normalized spacial score (nSPS) is 24.6. The molecule has 1 amide bonds. The molecule has 1 unspecified atom stereocenters. The molecule has 1 aromatic carbocycles. The van der Waals surface area contributed by atoms with Crippen LogP contribution < -0.4 is 9.64 Å². The van der Waals surface area contributed by atoms with E-state index in [9.17, 15) is 10.1 Å². The summed E-state index contributed by atoms with van der Waals surface area (Å²) >= 11 is 0. The van der Waals surface area contributed by atoms with Crippen LogP contribution in [0, 0.1) is 16.7 Å². The summed E-state index contributed by atoms with van der Waals surface area (Å²) in [5.41, 5.74) is 0.143. The fraction of sp³-hybridized carbons (Fsp3) is 0.429. The summed E-state index contributed by atoms with van der Waals surface area (Å²) in [7, 11) is 1.74. The minimum absolute atomic E-state index is 0.116. The minimum atomic E-state index is -0.656. The fourth-order valence-corrected chi connectivity index (χ4v) is 2.65. The lowest BCUT2D eigenvalue weighted by molar-refractivity contribution is -0.133. The molecule has 4 nitrogen and oxygen atoms in total. The number of fused-ring (bicyclic) bond motifs is 1. The van der Waals surface area contributed by atoms with Gasteiger partial charge in [-0.1, -0.05) is 12.1 Å². The van der Waals surface area contributed by atoms with E-state index in [1.807, 2.05) is 24.3 Å². The Bertz CT molecular complexity index is 543. The molecule has 0 radical (unpaired) electrons. The van der Waals surface area contributed by atoms with Crippen LogP contribution in [0.5, 0.6) is 5.75 Å². The topological polar surface area (TPSA) is 53.3 Å². The summed E-state index contributed by atoms with van der Waals surface area (Å²) in [6, 6.07) is 9.73. The Hall–Kier alpha value is -2.02. The molecule has 0 aromatic heterocycles. The molecule has 92 valence electrons. The van der Waals surface area contributed by atoms with E-state index in [2.05, 4.69) is 6.07 Å². The highest BCUT2D eigenvalue weighted by molar-refractivity contribution is 6.00. The number of hydrogen-bond donors (Lipinski definition) is 0. The maximum Gasteiger partial charge on any atom is 0.269 e. The van der Waals surface area contributed by atoms with Gasteiger partial charge in [0.1, 0.15) is 11.2 Å². The van der Waals surface area contributed by atoms with Crippen molar-refractivity contribution < 1.29 is 9.53 Å². The van der Waals surface area contributed by atoms with Crippen molar-refractivity contribution in [3.05, 3.63) is 24.3 Å². The molecule has 2 aliphatic rings. The lowest BCUT2D eigenvalue weighted by Gasteiger charge is -2.44. The van der Waals surface area contributed by atoms with Crippen molar-refractivity contribution in [1.29, 1.82) is 5.26 Å². The molecule has 4 heteroatoms. The number of ether oxygens (including phenoxy) is 1. The van der Waals surface area contributed by atoms with Crippen LogP contribution in [0.2, 0.25) is 0 Å². The Morgan fingerprint density at radius 1 is 1.44 bits per heavy atom. The van der Waals surface area contributed by atoms with Gasteiger partial charge < -0.3 is 9.64 Å². The average Bonchev–Trinajstić information content (AvgIpc) is 2.35. The second-order valence-corrected chi connectivity index (χ2v) is 4.98. The Labute approximate surface area is 106 Å². The molecule has 0 N–H and O–H groups in total. The van der Waals surface area contributed by atoms with Crippen molar-refractivity contribution in [3.63, 3.8) is 0 Å². The Morgan fingerprint density at radius 3 is 2.78 bits per heavy atom. The first-order valence-electron chi connectivity index (χ1n) is 6.12. The molecule has 1 aliphatic carbocycles. The molecule has 0 saturated heterocycles. The number of carbonyl (C=O) groups excluding carboxylic acids is 1. The summed E-state index contributed by atoms with van der Waals surface area (Å²) < 4.78 is 5.80.